The highest BCUT2D eigenvalue weighted by Gasteiger charge is 2.16. The van der Waals surface area contributed by atoms with Crippen molar-refractivity contribution in [1.29, 1.82) is 0 Å². The van der Waals surface area contributed by atoms with Crippen molar-refractivity contribution in [2.45, 2.75) is 20.0 Å². The Morgan fingerprint density at radius 3 is 2.71 bits per heavy atom. The second-order valence-electron chi connectivity index (χ2n) is 2.62. The molecule has 0 amide bonds. The van der Waals surface area contributed by atoms with Gasteiger partial charge in [-0.15, -0.1) is 0 Å². The second-order valence-corrected chi connectivity index (χ2v) is 3.35. The maximum atomic E-state index is 10.7. The lowest BCUT2D eigenvalue weighted by atomic mass is 10.3. The zero-order valence-corrected chi connectivity index (χ0v) is 9.13. The summed E-state index contributed by atoms with van der Waals surface area (Å²) in [6.45, 7) is 2.97. The normalized spacial score (nSPS) is 12.3. The average Bonchev–Trinajstić information content (AvgIpc) is 2.08. The molecule has 0 N–H and O–H groups in total. The number of nitrogens with zero attached hydrogens (tertiary/aromatic N) is 2. The molecule has 76 valence electrons. The standard InChI is InChI=1S/C8H8Cl2N2O2/c1-4(14-5(2)13)7-6(9)8(10)12-3-11-7/h3-4H,1-2H3. The third kappa shape index (κ3) is 2.56. The molecule has 0 bridgehead atoms. The van der Waals surface area contributed by atoms with Crippen LogP contribution >= 0.6 is 23.2 Å². The Bertz CT molecular complexity index is 357. The molecule has 0 fully saturated rings. The van der Waals surface area contributed by atoms with E-state index in [4.69, 9.17) is 27.9 Å². The number of carbonyl (C=O) groups is 1. The molecule has 4 nitrogen and oxygen atoms in total. The van der Waals surface area contributed by atoms with E-state index >= 15 is 0 Å². The Morgan fingerprint density at radius 2 is 2.14 bits per heavy atom. The van der Waals surface area contributed by atoms with Crippen molar-refractivity contribution in [2.24, 2.45) is 0 Å². The van der Waals surface area contributed by atoms with Crippen molar-refractivity contribution < 1.29 is 9.53 Å². The first-order valence-corrected chi connectivity index (χ1v) is 4.61. The van der Waals surface area contributed by atoms with E-state index in [1.165, 1.54) is 13.3 Å². The average molecular weight is 235 g/mol. The number of hydrogen-bond acceptors (Lipinski definition) is 4. The summed E-state index contributed by atoms with van der Waals surface area (Å²) >= 11 is 11.5. The van der Waals surface area contributed by atoms with Crippen LogP contribution in [-0.4, -0.2) is 15.9 Å². The molecule has 1 heterocycles. The van der Waals surface area contributed by atoms with Crippen LogP contribution in [0.25, 0.3) is 0 Å². The van der Waals surface area contributed by atoms with Gasteiger partial charge in [0.2, 0.25) is 0 Å². The molecule has 0 aliphatic heterocycles. The van der Waals surface area contributed by atoms with Crippen LogP contribution in [0.4, 0.5) is 0 Å². The summed E-state index contributed by atoms with van der Waals surface area (Å²) in [6.07, 6.45) is 0.740. The molecule has 0 aliphatic carbocycles. The van der Waals surface area contributed by atoms with Crippen LogP contribution in [0, 0.1) is 0 Å². The number of halogens is 2. The van der Waals surface area contributed by atoms with Crippen molar-refractivity contribution in [1.82, 2.24) is 9.97 Å². The van der Waals surface area contributed by atoms with Crippen molar-refractivity contribution in [2.75, 3.05) is 0 Å². The maximum absolute atomic E-state index is 10.7. The highest BCUT2D eigenvalue weighted by Crippen LogP contribution is 2.27. The number of carbonyl (C=O) groups excluding carboxylic acids is 1. The van der Waals surface area contributed by atoms with Gasteiger partial charge in [0.1, 0.15) is 23.1 Å². The van der Waals surface area contributed by atoms with E-state index in [2.05, 4.69) is 9.97 Å². The van der Waals surface area contributed by atoms with Crippen LogP contribution in [0.15, 0.2) is 6.33 Å². The van der Waals surface area contributed by atoms with E-state index in [0.717, 1.165) is 0 Å². The fourth-order valence-corrected chi connectivity index (χ4v) is 1.34. The van der Waals surface area contributed by atoms with Crippen LogP contribution in [0.5, 0.6) is 0 Å². The monoisotopic (exact) mass is 234 g/mol. The van der Waals surface area contributed by atoms with Gasteiger partial charge in [0.05, 0.1) is 0 Å². The summed E-state index contributed by atoms with van der Waals surface area (Å²) in [7, 11) is 0. The topological polar surface area (TPSA) is 52.1 Å². The molecule has 0 radical (unpaired) electrons. The van der Waals surface area contributed by atoms with E-state index in [9.17, 15) is 4.79 Å². The van der Waals surface area contributed by atoms with Crippen LogP contribution < -0.4 is 0 Å². The van der Waals surface area contributed by atoms with Crippen molar-refractivity contribution in [3.63, 3.8) is 0 Å². The minimum Gasteiger partial charge on any atom is -0.456 e. The molecule has 1 rings (SSSR count). The van der Waals surface area contributed by atoms with Gasteiger partial charge < -0.3 is 4.74 Å². The molecule has 0 saturated carbocycles. The summed E-state index contributed by atoms with van der Waals surface area (Å²) in [5, 5.41) is 0.360. The van der Waals surface area contributed by atoms with Gasteiger partial charge in [-0.2, -0.15) is 0 Å². The Labute approximate surface area is 91.2 Å². The molecule has 1 aromatic rings. The highest BCUT2D eigenvalue weighted by molar-refractivity contribution is 6.41. The molecule has 1 aromatic heterocycles. The van der Waals surface area contributed by atoms with E-state index < -0.39 is 12.1 Å². The van der Waals surface area contributed by atoms with Gasteiger partial charge in [0, 0.05) is 6.92 Å². The van der Waals surface area contributed by atoms with Crippen molar-refractivity contribution >= 4 is 29.2 Å². The summed E-state index contributed by atoms with van der Waals surface area (Å²) < 4.78 is 4.90. The molecule has 0 spiro atoms. The van der Waals surface area contributed by atoms with Crippen LogP contribution in [0.3, 0.4) is 0 Å². The first-order chi connectivity index (χ1) is 6.52. The van der Waals surface area contributed by atoms with E-state index in [-0.39, 0.29) is 10.2 Å². The number of ether oxygens (including phenoxy) is 1. The summed E-state index contributed by atoms with van der Waals surface area (Å²) in [6, 6.07) is 0. The molecule has 0 aliphatic rings. The summed E-state index contributed by atoms with van der Waals surface area (Å²) in [5.74, 6) is -0.400. The first kappa shape index (κ1) is 11.2. The fraction of sp³-hybridized carbons (Fsp3) is 0.375. The van der Waals surface area contributed by atoms with Crippen LogP contribution in [-0.2, 0) is 9.53 Å². The molecule has 1 atom stereocenters. The summed E-state index contributed by atoms with van der Waals surface area (Å²) in [4.78, 5) is 18.3. The molecule has 14 heavy (non-hydrogen) atoms. The van der Waals surface area contributed by atoms with Gasteiger partial charge in [-0.25, -0.2) is 9.97 Å². The lowest BCUT2D eigenvalue weighted by molar-refractivity contribution is -0.145. The summed E-state index contributed by atoms with van der Waals surface area (Å²) in [5.41, 5.74) is 0.405. The number of esters is 1. The third-order valence-corrected chi connectivity index (χ3v) is 2.26. The quantitative estimate of drug-likeness (QED) is 0.583. The number of aromatic nitrogens is 2. The van der Waals surface area contributed by atoms with E-state index in [1.54, 1.807) is 6.92 Å². The molecular weight excluding hydrogens is 227 g/mol. The highest BCUT2D eigenvalue weighted by atomic mass is 35.5. The maximum Gasteiger partial charge on any atom is 0.303 e. The van der Waals surface area contributed by atoms with Crippen LogP contribution in [0.1, 0.15) is 25.6 Å². The molecule has 6 heteroatoms. The van der Waals surface area contributed by atoms with Gasteiger partial charge in [-0.3, -0.25) is 4.79 Å². The van der Waals surface area contributed by atoms with Crippen molar-refractivity contribution in [3.8, 4) is 0 Å². The van der Waals surface area contributed by atoms with Crippen LogP contribution in [0.2, 0.25) is 10.2 Å². The minimum atomic E-state index is -0.527. The van der Waals surface area contributed by atoms with Gasteiger partial charge >= 0.3 is 5.97 Å². The molecule has 1 unspecified atom stereocenters. The Balaban J connectivity index is 2.95. The first-order valence-electron chi connectivity index (χ1n) is 3.85. The van der Waals surface area contributed by atoms with Gasteiger partial charge in [0.15, 0.2) is 5.15 Å². The molecule has 0 saturated heterocycles. The molecule has 0 aromatic carbocycles. The lowest BCUT2D eigenvalue weighted by Crippen LogP contribution is -2.07. The Morgan fingerprint density at radius 1 is 1.50 bits per heavy atom. The zero-order valence-electron chi connectivity index (χ0n) is 7.62. The fourth-order valence-electron chi connectivity index (χ4n) is 0.949. The number of rotatable bonds is 2. The minimum absolute atomic E-state index is 0.149. The zero-order chi connectivity index (χ0) is 10.7. The SMILES string of the molecule is CC(=O)OC(C)c1ncnc(Cl)c1Cl. The van der Waals surface area contributed by atoms with Crippen molar-refractivity contribution in [3.05, 3.63) is 22.2 Å². The third-order valence-electron chi connectivity index (χ3n) is 1.50. The predicted octanol–water partition coefficient (Wildman–Crippen LogP) is 2.41. The predicted molar refractivity (Wildman–Crippen MR) is 52.2 cm³/mol. The van der Waals surface area contributed by atoms with E-state index in [1.807, 2.05) is 0 Å². The second kappa shape index (κ2) is 4.57. The lowest BCUT2D eigenvalue weighted by Gasteiger charge is -2.12. The largest absolute Gasteiger partial charge is 0.456 e. The smallest absolute Gasteiger partial charge is 0.303 e. The Kier molecular flexibility index (Phi) is 3.66. The van der Waals surface area contributed by atoms with Gasteiger partial charge in [-0.1, -0.05) is 23.2 Å². The van der Waals surface area contributed by atoms with Gasteiger partial charge in [0.25, 0.3) is 0 Å². The van der Waals surface area contributed by atoms with E-state index in [0.29, 0.717) is 5.69 Å². The van der Waals surface area contributed by atoms with Gasteiger partial charge in [-0.05, 0) is 6.92 Å². The number of hydrogen-bond donors (Lipinski definition) is 0. The molecular formula is C8H8Cl2N2O2. The Hall–Kier alpha value is -0.870.